The Labute approximate surface area is 111 Å². The third-order valence-corrected chi connectivity index (χ3v) is 3.90. The number of hydrogen-bond donors (Lipinski definition) is 3. The molecule has 1 aliphatic rings. The fourth-order valence-corrected chi connectivity index (χ4v) is 2.89. The van der Waals surface area contributed by atoms with Gasteiger partial charge in [-0.25, -0.2) is 0 Å². The average molecular weight is 258 g/mol. The molecule has 0 radical (unpaired) electrons. The quantitative estimate of drug-likeness (QED) is 0.616. The van der Waals surface area contributed by atoms with E-state index in [-0.39, 0.29) is 12.1 Å². The van der Waals surface area contributed by atoms with E-state index in [9.17, 15) is 0 Å². The maximum atomic E-state index is 8.88. The third kappa shape index (κ3) is 4.84. The molecule has 1 rings (SSSR count). The van der Waals surface area contributed by atoms with Crippen LogP contribution in [0.25, 0.3) is 0 Å². The van der Waals surface area contributed by atoms with Crippen molar-refractivity contribution in [1.29, 1.82) is 0 Å². The molecule has 108 valence electrons. The smallest absolute Gasteiger partial charge is 0.0593 e. The summed E-state index contributed by atoms with van der Waals surface area (Å²) in [6.07, 6.45) is 6.49. The zero-order valence-corrected chi connectivity index (χ0v) is 12.0. The van der Waals surface area contributed by atoms with Crippen molar-refractivity contribution in [3.63, 3.8) is 0 Å². The van der Waals surface area contributed by atoms with E-state index < -0.39 is 0 Å². The van der Waals surface area contributed by atoms with Crippen LogP contribution in [0.1, 0.15) is 52.4 Å². The van der Waals surface area contributed by atoms with E-state index in [0.717, 1.165) is 45.1 Å². The summed E-state index contributed by atoms with van der Waals surface area (Å²) in [7, 11) is 0. The minimum Gasteiger partial charge on any atom is -0.396 e. The molecule has 4 N–H and O–H groups in total. The van der Waals surface area contributed by atoms with Crippen LogP contribution in [0.4, 0.5) is 0 Å². The molecule has 0 aromatic heterocycles. The first-order valence-corrected chi connectivity index (χ1v) is 7.36. The monoisotopic (exact) mass is 258 g/mol. The number of rotatable bonds is 8. The topological polar surface area (TPSA) is 67.5 Å². The summed E-state index contributed by atoms with van der Waals surface area (Å²) in [6, 6.07) is 0.404. The van der Waals surface area contributed by atoms with Gasteiger partial charge in [0.05, 0.1) is 6.10 Å². The Kier molecular flexibility index (Phi) is 7.15. The Morgan fingerprint density at radius 3 is 2.94 bits per heavy atom. The first-order chi connectivity index (χ1) is 8.65. The molecule has 0 aromatic carbocycles. The highest BCUT2D eigenvalue weighted by molar-refractivity contribution is 4.95. The molecule has 0 amide bonds. The number of hydrogen-bond acceptors (Lipinski definition) is 4. The Balaban J connectivity index is 2.49. The summed E-state index contributed by atoms with van der Waals surface area (Å²) < 4.78 is 5.80. The number of aliphatic hydroxyl groups excluding tert-OH is 1. The van der Waals surface area contributed by atoms with E-state index in [4.69, 9.17) is 15.6 Å². The van der Waals surface area contributed by atoms with Gasteiger partial charge in [-0.05, 0) is 39.0 Å². The Morgan fingerprint density at radius 2 is 2.33 bits per heavy atom. The Hall–Kier alpha value is -0.160. The standard InChI is InChI=1S/C14H30N2O2/c1-3-5-13-10-14(11-15,7-9-18-13)16-12(2)6-4-8-17/h12-13,16-17H,3-11,15H2,1-2H3. The highest BCUT2D eigenvalue weighted by Gasteiger charge is 2.36. The SMILES string of the molecule is CCCC1CC(CN)(NC(C)CCCO)CCO1. The molecule has 3 unspecified atom stereocenters. The lowest BCUT2D eigenvalue weighted by Gasteiger charge is -2.43. The highest BCUT2D eigenvalue weighted by atomic mass is 16.5. The summed E-state index contributed by atoms with van der Waals surface area (Å²) >= 11 is 0. The van der Waals surface area contributed by atoms with Crippen molar-refractivity contribution in [3.8, 4) is 0 Å². The van der Waals surface area contributed by atoms with Gasteiger partial charge < -0.3 is 20.9 Å². The lowest BCUT2D eigenvalue weighted by atomic mass is 9.84. The van der Waals surface area contributed by atoms with Crippen LogP contribution in [0.2, 0.25) is 0 Å². The van der Waals surface area contributed by atoms with Crippen molar-refractivity contribution in [1.82, 2.24) is 5.32 Å². The number of aliphatic hydroxyl groups is 1. The van der Waals surface area contributed by atoms with Crippen LogP contribution in [0.3, 0.4) is 0 Å². The van der Waals surface area contributed by atoms with Crippen molar-refractivity contribution in [2.24, 2.45) is 5.73 Å². The van der Waals surface area contributed by atoms with Gasteiger partial charge in [0.15, 0.2) is 0 Å². The molecule has 18 heavy (non-hydrogen) atoms. The summed E-state index contributed by atoms with van der Waals surface area (Å²) in [4.78, 5) is 0. The fourth-order valence-electron chi connectivity index (χ4n) is 2.89. The van der Waals surface area contributed by atoms with Crippen LogP contribution in [0.15, 0.2) is 0 Å². The summed E-state index contributed by atoms with van der Waals surface area (Å²) in [5, 5.41) is 12.6. The predicted octanol–water partition coefficient (Wildman–Crippen LogP) is 1.41. The highest BCUT2D eigenvalue weighted by Crippen LogP contribution is 2.27. The van der Waals surface area contributed by atoms with E-state index in [0.29, 0.717) is 18.7 Å². The van der Waals surface area contributed by atoms with Crippen LogP contribution in [-0.2, 0) is 4.74 Å². The van der Waals surface area contributed by atoms with Crippen molar-refractivity contribution < 1.29 is 9.84 Å². The number of nitrogens with two attached hydrogens (primary N) is 1. The third-order valence-electron chi connectivity index (χ3n) is 3.90. The minimum absolute atomic E-state index is 0.0347. The molecule has 1 saturated heterocycles. The molecule has 4 nitrogen and oxygen atoms in total. The molecule has 1 heterocycles. The second kappa shape index (κ2) is 8.10. The summed E-state index contributed by atoms with van der Waals surface area (Å²) in [6.45, 7) is 6.11. The largest absolute Gasteiger partial charge is 0.396 e. The Morgan fingerprint density at radius 1 is 1.56 bits per heavy atom. The van der Waals surface area contributed by atoms with Crippen LogP contribution in [0.5, 0.6) is 0 Å². The van der Waals surface area contributed by atoms with E-state index in [2.05, 4.69) is 19.2 Å². The van der Waals surface area contributed by atoms with E-state index in [1.54, 1.807) is 0 Å². The molecule has 1 aliphatic heterocycles. The summed E-state index contributed by atoms with van der Waals surface area (Å²) in [5.74, 6) is 0. The Bertz CT molecular complexity index is 224. The fraction of sp³-hybridized carbons (Fsp3) is 1.00. The van der Waals surface area contributed by atoms with Gasteiger partial charge in [0.2, 0.25) is 0 Å². The normalized spacial score (nSPS) is 30.3. The number of nitrogens with one attached hydrogen (secondary N) is 1. The molecule has 0 aromatic rings. The molecule has 3 atom stereocenters. The molecular formula is C14H30N2O2. The van der Waals surface area contributed by atoms with Gasteiger partial charge >= 0.3 is 0 Å². The van der Waals surface area contributed by atoms with Gasteiger partial charge in [0.1, 0.15) is 0 Å². The van der Waals surface area contributed by atoms with Crippen LogP contribution in [0, 0.1) is 0 Å². The van der Waals surface area contributed by atoms with Gasteiger partial charge in [0.25, 0.3) is 0 Å². The minimum atomic E-state index is 0.0347. The number of ether oxygens (including phenoxy) is 1. The van der Waals surface area contributed by atoms with Gasteiger partial charge in [-0.1, -0.05) is 13.3 Å². The van der Waals surface area contributed by atoms with Gasteiger partial charge in [0, 0.05) is 31.3 Å². The average Bonchev–Trinajstić information content (AvgIpc) is 2.37. The zero-order valence-electron chi connectivity index (χ0n) is 12.0. The molecule has 0 spiro atoms. The van der Waals surface area contributed by atoms with Crippen molar-refractivity contribution in [3.05, 3.63) is 0 Å². The van der Waals surface area contributed by atoms with Gasteiger partial charge in [-0.3, -0.25) is 0 Å². The maximum absolute atomic E-state index is 8.88. The van der Waals surface area contributed by atoms with Gasteiger partial charge in [-0.2, -0.15) is 0 Å². The van der Waals surface area contributed by atoms with Crippen LogP contribution >= 0.6 is 0 Å². The van der Waals surface area contributed by atoms with Crippen molar-refractivity contribution >= 4 is 0 Å². The van der Waals surface area contributed by atoms with Crippen molar-refractivity contribution in [2.45, 2.75) is 70.1 Å². The predicted molar refractivity (Wildman–Crippen MR) is 74.6 cm³/mol. The first-order valence-electron chi connectivity index (χ1n) is 7.36. The second-order valence-electron chi connectivity index (χ2n) is 5.63. The van der Waals surface area contributed by atoms with Gasteiger partial charge in [-0.15, -0.1) is 0 Å². The second-order valence-corrected chi connectivity index (χ2v) is 5.63. The van der Waals surface area contributed by atoms with E-state index >= 15 is 0 Å². The van der Waals surface area contributed by atoms with Crippen LogP contribution < -0.4 is 11.1 Å². The molecule has 0 aliphatic carbocycles. The molecule has 0 saturated carbocycles. The van der Waals surface area contributed by atoms with E-state index in [1.165, 1.54) is 0 Å². The van der Waals surface area contributed by atoms with Crippen LogP contribution in [-0.4, -0.2) is 42.5 Å². The first kappa shape index (κ1) is 15.9. The summed E-state index contributed by atoms with van der Waals surface area (Å²) in [5.41, 5.74) is 6.04. The maximum Gasteiger partial charge on any atom is 0.0593 e. The molecule has 1 fully saturated rings. The molecule has 4 heteroatoms. The molecular weight excluding hydrogens is 228 g/mol. The van der Waals surface area contributed by atoms with E-state index in [1.807, 2.05) is 0 Å². The lowest BCUT2D eigenvalue weighted by Crippen LogP contribution is -2.59. The molecule has 0 bridgehead atoms. The lowest BCUT2D eigenvalue weighted by molar-refractivity contribution is -0.0334. The zero-order chi connectivity index (χ0) is 13.4. The van der Waals surface area contributed by atoms with Crippen molar-refractivity contribution in [2.75, 3.05) is 19.8 Å².